The first-order chi connectivity index (χ1) is 7.27. The second kappa shape index (κ2) is 3.07. The van der Waals surface area contributed by atoms with Gasteiger partial charge in [-0.25, -0.2) is 0 Å². The predicted molar refractivity (Wildman–Crippen MR) is 56.8 cm³/mol. The van der Waals surface area contributed by atoms with Crippen LogP contribution in [0, 0.1) is 11.8 Å². The molecule has 0 radical (unpaired) electrons. The summed E-state index contributed by atoms with van der Waals surface area (Å²) in [7, 11) is 0. The summed E-state index contributed by atoms with van der Waals surface area (Å²) in [5.41, 5.74) is 6.97. The van der Waals surface area contributed by atoms with Crippen LogP contribution >= 0.6 is 0 Å². The van der Waals surface area contributed by atoms with E-state index in [9.17, 15) is 4.79 Å². The lowest BCUT2D eigenvalue weighted by atomic mass is 10.2. The SMILES string of the molecule is NC1C2CN(Cc3ccccc3)C(=O)C12. The third-order valence-electron chi connectivity index (χ3n) is 3.47. The minimum absolute atomic E-state index is 0.133. The number of rotatable bonds is 2. The number of hydrogen-bond acceptors (Lipinski definition) is 2. The van der Waals surface area contributed by atoms with E-state index in [2.05, 4.69) is 12.1 Å². The molecule has 3 heteroatoms. The summed E-state index contributed by atoms with van der Waals surface area (Å²) in [6, 6.07) is 10.2. The Balaban J connectivity index is 1.69. The van der Waals surface area contributed by atoms with E-state index in [0.29, 0.717) is 5.92 Å². The third-order valence-corrected chi connectivity index (χ3v) is 3.47. The Kier molecular flexibility index (Phi) is 1.83. The summed E-state index contributed by atoms with van der Waals surface area (Å²) in [6.07, 6.45) is 0. The lowest BCUT2D eigenvalue weighted by Crippen LogP contribution is -2.32. The molecule has 15 heavy (non-hydrogen) atoms. The first-order valence-corrected chi connectivity index (χ1v) is 5.35. The summed E-state index contributed by atoms with van der Waals surface area (Å²) in [5.74, 6) is 0.811. The van der Waals surface area contributed by atoms with Gasteiger partial charge in [-0.05, 0) is 5.56 Å². The number of likely N-dealkylation sites (tertiary alicyclic amines) is 1. The van der Waals surface area contributed by atoms with Crippen molar-refractivity contribution in [1.29, 1.82) is 0 Å². The van der Waals surface area contributed by atoms with Crippen LogP contribution in [-0.2, 0) is 11.3 Å². The molecule has 3 nitrogen and oxygen atoms in total. The van der Waals surface area contributed by atoms with Gasteiger partial charge in [-0.3, -0.25) is 4.79 Å². The van der Waals surface area contributed by atoms with Gasteiger partial charge in [0.25, 0.3) is 0 Å². The first-order valence-electron chi connectivity index (χ1n) is 5.35. The molecule has 1 saturated heterocycles. The fourth-order valence-corrected chi connectivity index (χ4v) is 2.49. The number of carbonyl (C=O) groups is 1. The van der Waals surface area contributed by atoms with Crippen LogP contribution in [0.1, 0.15) is 5.56 Å². The maximum absolute atomic E-state index is 11.8. The maximum atomic E-state index is 11.8. The van der Waals surface area contributed by atoms with Gasteiger partial charge in [-0.15, -0.1) is 0 Å². The Morgan fingerprint density at radius 2 is 2.07 bits per heavy atom. The summed E-state index contributed by atoms with van der Waals surface area (Å²) >= 11 is 0. The zero-order valence-electron chi connectivity index (χ0n) is 8.47. The van der Waals surface area contributed by atoms with Crippen LogP contribution in [0.15, 0.2) is 30.3 Å². The molecule has 0 aromatic heterocycles. The van der Waals surface area contributed by atoms with Crippen molar-refractivity contribution < 1.29 is 4.79 Å². The minimum Gasteiger partial charge on any atom is -0.338 e. The van der Waals surface area contributed by atoms with E-state index in [1.807, 2.05) is 23.1 Å². The molecule has 1 aromatic rings. The smallest absolute Gasteiger partial charge is 0.227 e. The zero-order chi connectivity index (χ0) is 10.4. The zero-order valence-corrected chi connectivity index (χ0v) is 8.47. The molecule has 0 spiro atoms. The number of hydrogen-bond donors (Lipinski definition) is 1. The van der Waals surface area contributed by atoms with Crippen LogP contribution in [0.2, 0.25) is 0 Å². The van der Waals surface area contributed by atoms with Crippen molar-refractivity contribution >= 4 is 5.91 Å². The summed E-state index contributed by atoms with van der Waals surface area (Å²) < 4.78 is 0. The van der Waals surface area contributed by atoms with Gasteiger partial charge in [-0.1, -0.05) is 30.3 Å². The van der Waals surface area contributed by atoms with Crippen molar-refractivity contribution in [2.75, 3.05) is 6.54 Å². The molecule has 3 atom stereocenters. The highest BCUT2D eigenvalue weighted by Gasteiger charge is 2.59. The quantitative estimate of drug-likeness (QED) is 0.763. The molecule has 1 aliphatic carbocycles. The summed E-state index contributed by atoms with van der Waals surface area (Å²) in [6.45, 7) is 1.58. The Morgan fingerprint density at radius 1 is 1.33 bits per heavy atom. The molecule has 2 N–H and O–H groups in total. The van der Waals surface area contributed by atoms with Gasteiger partial charge in [0.1, 0.15) is 0 Å². The molecule has 2 aliphatic rings. The molecule has 1 saturated carbocycles. The number of fused-ring (bicyclic) bond motifs is 1. The number of nitrogens with zero attached hydrogens (tertiary/aromatic N) is 1. The van der Waals surface area contributed by atoms with Crippen LogP contribution in [0.3, 0.4) is 0 Å². The molecule has 1 amide bonds. The van der Waals surface area contributed by atoms with Crippen LogP contribution in [0.5, 0.6) is 0 Å². The number of benzene rings is 1. The average molecular weight is 202 g/mol. The van der Waals surface area contributed by atoms with E-state index in [0.717, 1.165) is 13.1 Å². The highest BCUT2D eigenvalue weighted by atomic mass is 16.2. The van der Waals surface area contributed by atoms with Gasteiger partial charge in [0.15, 0.2) is 0 Å². The highest BCUT2D eigenvalue weighted by Crippen LogP contribution is 2.45. The van der Waals surface area contributed by atoms with Gasteiger partial charge in [-0.2, -0.15) is 0 Å². The Bertz CT molecular complexity index is 390. The molecule has 3 unspecified atom stereocenters. The maximum Gasteiger partial charge on any atom is 0.227 e. The van der Waals surface area contributed by atoms with Crippen molar-refractivity contribution in [2.45, 2.75) is 12.6 Å². The lowest BCUT2D eigenvalue weighted by molar-refractivity contribution is -0.130. The average Bonchev–Trinajstić information content (AvgIpc) is 2.75. The molecule has 1 aliphatic heterocycles. The predicted octanol–water partition coefficient (Wildman–Crippen LogP) is 0.602. The Hall–Kier alpha value is -1.35. The molecular weight excluding hydrogens is 188 g/mol. The molecule has 1 aromatic carbocycles. The van der Waals surface area contributed by atoms with Gasteiger partial charge in [0.2, 0.25) is 5.91 Å². The molecule has 2 fully saturated rings. The highest BCUT2D eigenvalue weighted by molar-refractivity contribution is 5.86. The summed E-state index contributed by atoms with van der Waals surface area (Å²) in [4.78, 5) is 13.7. The number of piperidine rings is 1. The van der Waals surface area contributed by atoms with Crippen LogP contribution in [-0.4, -0.2) is 23.4 Å². The van der Waals surface area contributed by atoms with E-state index in [1.165, 1.54) is 5.56 Å². The molecule has 3 rings (SSSR count). The van der Waals surface area contributed by atoms with Gasteiger partial charge >= 0.3 is 0 Å². The van der Waals surface area contributed by atoms with E-state index in [1.54, 1.807) is 0 Å². The second-order valence-corrected chi connectivity index (χ2v) is 4.47. The third kappa shape index (κ3) is 1.35. The van der Waals surface area contributed by atoms with Crippen molar-refractivity contribution in [3.63, 3.8) is 0 Å². The fourth-order valence-electron chi connectivity index (χ4n) is 2.49. The van der Waals surface area contributed by atoms with E-state index < -0.39 is 0 Å². The van der Waals surface area contributed by atoms with Crippen LogP contribution in [0.4, 0.5) is 0 Å². The largest absolute Gasteiger partial charge is 0.338 e. The number of amides is 1. The molecule has 0 bridgehead atoms. The second-order valence-electron chi connectivity index (χ2n) is 4.47. The van der Waals surface area contributed by atoms with E-state index >= 15 is 0 Å². The standard InChI is InChI=1S/C12H14N2O/c13-11-9-7-14(12(15)10(9)11)6-8-4-2-1-3-5-8/h1-5,9-11H,6-7,13H2. The normalized spacial score (nSPS) is 33.0. The van der Waals surface area contributed by atoms with E-state index in [4.69, 9.17) is 5.73 Å². The molecule has 1 heterocycles. The van der Waals surface area contributed by atoms with Crippen molar-refractivity contribution in [2.24, 2.45) is 17.6 Å². The summed E-state index contributed by atoms with van der Waals surface area (Å²) in [5, 5.41) is 0. The number of carbonyl (C=O) groups excluding carboxylic acids is 1. The van der Waals surface area contributed by atoms with Gasteiger partial charge < -0.3 is 10.6 Å². The Morgan fingerprint density at radius 3 is 2.67 bits per heavy atom. The topological polar surface area (TPSA) is 46.3 Å². The molecule has 78 valence electrons. The van der Waals surface area contributed by atoms with Crippen LogP contribution < -0.4 is 5.73 Å². The minimum atomic E-state index is 0.133. The number of nitrogens with two attached hydrogens (primary N) is 1. The molecular formula is C12H14N2O. The Labute approximate surface area is 88.9 Å². The van der Waals surface area contributed by atoms with Gasteiger partial charge in [0, 0.05) is 25.0 Å². The monoisotopic (exact) mass is 202 g/mol. The fraction of sp³-hybridized carbons (Fsp3) is 0.417. The van der Waals surface area contributed by atoms with E-state index in [-0.39, 0.29) is 17.9 Å². The lowest BCUT2D eigenvalue weighted by Gasteiger charge is -2.19. The van der Waals surface area contributed by atoms with Gasteiger partial charge in [0.05, 0.1) is 5.92 Å². The first kappa shape index (κ1) is 8.92. The van der Waals surface area contributed by atoms with Crippen molar-refractivity contribution in [3.05, 3.63) is 35.9 Å². The van der Waals surface area contributed by atoms with Crippen molar-refractivity contribution in [1.82, 2.24) is 4.90 Å². The van der Waals surface area contributed by atoms with Crippen LogP contribution in [0.25, 0.3) is 0 Å². The van der Waals surface area contributed by atoms with Crippen molar-refractivity contribution in [3.8, 4) is 0 Å².